The van der Waals surface area contributed by atoms with Crippen LogP contribution in [0.4, 0.5) is 0 Å². The smallest absolute Gasteiger partial charge is 0.262 e. The minimum atomic E-state index is -0.472. The molecule has 0 unspecified atom stereocenters. The van der Waals surface area contributed by atoms with E-state index in [1.54, 1.807) is 6.07 Å². The number of amides is 2. The molecule has 1 aromatic heterocycles. The number of nitrogens with one attached hydrogen (secondary N) is 1. The first-order valence-corrected chi connectivity index (χ1v) is 9.19. The van der Waals surface area contributed by atoms with Crippen molar-refractivity contribution in [3.05, 3.63) is 22.4 Å². The molecule has 0 aromatic carbocycles. The van der Waals surface area contributed by atoms with Gasteiger partial charge in [-0.2, -0.15) is 0 Å². The third-order valence-corrected chi connectivity index (χ3v) is 5.27. The summed E-state index contributed by atoms with van der Waals surface area (Å²) in [7, 11) is 0. The number of thiophene rings is 1. The Balaban J connectivity index is 2.05. The van der Waals surface area contributed by atoms with Gasteiger partial charge in [0, 0.05) is 25.7 Å². The number of hydrogen-bond acceptors (Lipinski definition) is 4. The van der Waals surface area contributed by atoms with E-state index in [0.717, 1.165) is 26.2 Å². The molecule has 6 heteroatoms. The Bertz CT molecular complexity index is 530. The Morgan fingerprint density at radius 1 is 1.39 bits per heavy atom. The molecule has 0 spiro atoms. The summed E-state index contributed by atoms with van der Waals surface area (Å²) in [5.41, 5.74) is 0. The van der Waals surface area contributed by atoms with E-state index >= 15 is 0 Å². The summed E-state index contributed by atoms with van der Waals surface area (Å²) in [6.07, 6.45) is 0. The van der Waals surface area contributed by atoms with E-state index in [2.05, 4.69) is 24.1 Å². The summed E-state index contributed by atoms with van der Waals surface area (Å²) < 4.78 is 0. The van der Waals surface area contributed by atoms with E-state index in [9.17, 15) is 9.59 Å². The molecule has 2 amide bonds. The van der Waals surface area contributed by atoms with Gasteiger partial charge in [-0.05, 0) is 30.8 Å². The molecule has 1 aromatic rings. The maximum Gasteiger partial charge on any atom is 0.262 e. The van der Waals surface area contributed by atoms with Gasteiger partial charge in [0.2, 0.25) is 5.91 Å². The molecule has 1 aliphatic heterocycles. The molecule has 0 saturated carbocycles. The van der Waals surface area contributed by atoms with E-state index in [1.807, 2.05) is 30.2 Å². The predicted molar refractivity (Wildman–Crippen MR) is 93.7 cm³/mol. The van der Waals surface area contributed by atoms with Gasteiger partial charge in [0.15, 0.2) is 0 Å². The van der Waals surface area contributed by atoms with E-state index in [1.165, 1.54) is 11.3 Å². The molecule has 1 aliphatic rings. The molecule has 1 fully saturated rings. The van der Waals surface area contributed by atoms with Crippen molar-refractivity contribution in [3.63, 3.8) is 0 Å². The van der Waals surface area contributed by atoms with Crippen LogP contribution in [0.5, 0.6) is 0 Å². The zero-order valence-electron chi connectivity index (χ0n) is 14.4. The van der Waals surface area contributed by atoms with Gasteiger partial charge < -0.3 is 10.2 Å². The second kappa shape index (κ2) is 7.93. The fraction of sp³-hybridized carbons (Fsp3) is 0.647. The summed E-state index contributed by atoms with van der Waals surface area (Å²) in [5, 5.41) is 4.80. The maximum absolute atomic E-state index is 12.9. The van der Waals surface area contributed by atoms with Gasteiger partial charge in [-0.15, -0.1) is 11.3 Å². The standard InChI is InChI=1S/C17H27N3O2S/c1-5-19-8-9-20(13(4)11-19)17(22)15(12(2)3)18-16(21)14-7-6-10-23-14/h6-7,10,12-13,15H,5,8-9,11H2,1-4H3,(H,18,21)/t13-,15-/m1/s1. The summed E-state index contributed by atoms with van der Waals surface area (Å²) in [5.74, 6) is -0.0668. The lowest BCUT2D eigenvalue weighted by Gasteiger charge is -2.41. The lowest BCUT2D eigenvalue weighted by atomic mass is 10.0. The fourth-order valence-corrected chi connectivity index (χ4v) is 3.59. The normalized spacial score (nSPS) is 20.6. The van der Waals surface area contributed by atoms with Crippen molar-refractivity contribution in [1.82, 2.24) is 15.1 Å². The van der Waals surface area contributed by atoms with Gasteiger partial charge in [-0.3, -0.25) is 14.5 Å². The van der Waals surface area contributed by atoms with E-state index < -0.39 is 6.04 Å². The van der Waals surface area contributed by atoms with Crippen LogP contribution in [0, 0.1) is 5.92 Å². The predicted octanol–water partition coefficient (Wildman–Crippen LogP) is 2.06. The van der Waals surface area contributed by atoms with Crippen LogP contribution in [0.15, 0.2) is 17.5 Å². The average molecular weight is 337 g/mol. The number of carbonyl (C=O) groups excluding carboxylic acids is 2. The molecule has 2 rings (SSSR count). The zero-order valence-corrected chi connectivity index (χ0v) is 15.2. The summed E-state index contributed by atoms with van der Waals surface area (Å²) in [4.78, 5) is 30.2. The van der Waals surface area contributed by atoms with Crippen LogP contribution >= 0.6 is 11.3 Å². The zero-order chi connectivity index (χ0) is 17.0. The van der Waals surface area contributed by atoms with Crippen LogP contribution in [-0.4, -0.2) is 59.9 Å². The number of hydrogen-bond donors (Lipinski definition) is 1. The minimum absolute atomic E-state index is 0.0353. The second-order valence-corrected chi connectivity index (χ2v) is 7.39. The molecule has 1 N–H and O–H groups in total. The molecule has 5 nitrogen and oxygen atoms in total. The van der Waals surface area contributed by atoms with Gasteiger partial charge >= 0.3 is 0 Å². The van der Waals surface area contributed by atoms with E-state index in [-0.39, 0.29) is 23.8 Å². The van der Waals surface area contributed by atoms with Crippen LogP contribution in [0.1, 0.15) is 37.4 Å². The maximum atomic E-state index is 12.9. The van der Waals surface area contributed by atoms with Crippen LogP contribution < -0.4 is 5.32 Å². The first-order chi connectivity index (χ1) is 10.9. The Hall–Kier alpha value is -1.40. The van der Waals surface area contributed by atoms with E-state index in [4.69, 9.17) is 0 Å². The lowest BCUT2D eigenvalue weighted by Crippen LogP contribution is -2.59. The third kappa shape index (κ3) is 4.32. The van der Waals surface area contributed by atoms with Gasteiger partial charge in [0.25, 0.3) is 5.91 Å². The van der Waals surface area contributed by atoms with Crippen LogP contribution in [0.25, 0.3) is 0 Å². The molecule has 0 bridgehead atoms. The highest BCUT2D eigenvalue weighted by atomic mass is 32.1. The fourth-order valence-electron chi connectivity index (χ4n) is 2.96. The monoisotopic (exact) mass is 337 g/mol. The van der Waals surface area contributed by atoms with Gasteiger partial charge in [-0.1, -0.05) is 26.8 Å². The highest BCUT2D eigenvalue weighted by Crippen LogP contribution is 2.16. The molecular weight excluding hydrogens is 310 g/mol. The summed E-state index contributed by atoms with van der Waals surface area (Å²) >= 11 is 1.39. The van der Waals surface area contributed by atoms with Crippen LogP contribution in [-0.2, 0) is 4.79 Å². The van der Waals surface area contributed by atoms with Gasteiger partial charge in [0.1, 0.15) is 6.04 Å². The number of rotatable bonds is 5. The number of nitrogens with zero attached hydrogens (tertiary/aromatic N) is 2. The first-order valence-electron chi connectivity index (χ1n) is 8.31. The summed E-state index contributed by atoms with van der Waals surface area (Å²) in [6, 6.07) is 3.33. The number of carbonyl (C=O) groups is 2. The topological polar surface area (TPSA) is 52.6 Å². The largest absolute Gasteiger partial charge is 0.339 e. The molecule has 2 atom stereocenters. The summed E-state index contributed by atoms with van der Waals surface area (Å²) in [6.45, 7) is 11.7. The van der Waals surface area contributed by atoms with Crippen molar-refractivity contribution in [3.8, 4) is 0 Å². The quantitative estimate of drug-likeness (QED) is 0.895. The highest BCUT2D eigenvalue weighted by molar-refractivity contribution is 7.12. The Morgan fingerprint density at radius 2 is 2.13 bits per heavy atom. The molecular formula is C17H27N3O2S. The van der Waals surface area contributed by atoms with Crippen molar-refractivity contribution in [2.75, 3.05) is 26.2 Å². The molecule has 0 aliphatic carbocycles. The molecule has 128 valence electrons. The molecule has 1 saturated heterocycles. The first kappa shape index (κ1) is 17.9. The van der Waals surface area contributed by atoms with Gasteiger partial charge in [0.05, 0.1) is 4.88 Å². The molecule has 23 heavy (non-hydrogen) atoms. The van der Waals surface area contributed by atoms with Crippen molar-refractivity contribution in [1.29, 1.82) is 0 Å². The average Bonchev–Trinajstić information content (AvgIpc) is 3.05. The van der Waals surface area contributed by atoms with Crippen molar-refractivity contribution in [2.45, 2.75) is 39.8 Å². The Kier molecular flexibility index (Phi) is 6.18. The van der Waals surface area contributed by atoms with E-state index in [0.29, 0.717) is 4.88 Å². The second-order valence-electron chi connectivity index (χ2n) is 6.45. The number of likely N-dealkylation sites (N-methyl/N-ethyl adjacent to an activating group) is 1. The Labute approximate surface area is 142 Å². The third-order valence-electron chi connectivity index (χ3n) is 4.41. The number of piperazine rings is 1. The van der Waals surface area contributed by atoms with Crippen molar-refractivity contribution < 1.29 is 9.59 Å². The SMILES string of the molecule is CCN1CCN(C(=O)[C@H](NC(=O)c2cccs2)C(C)C)[C@H](C)C1. The minimum Gasteiger partial charge on any atom is -0.339 e. The Morgan fingerprint density at radius 3 is 2.65 bits per heavy atom. The molecule has 2 heterocycles. The van der Waals surface area contributed by atoms with Crippen molar-refractivity contribution in [2.24, 2.45) is 5.92 Å². The molecule has 0 radical (unpaired) electrons. The lowest BCUT2D eigenvalue weighted by molar-refractivity contribution is -0.138. The van der Waals surface area contributed by atoms with Crippen LogP contribution in [0.3, 0.4) is 0 Å². The van der Waals surface area contributed by atoms with Crippen LogP contribution in [0.2, 0.25) is 0 Å². The van der Waals surface area contributed by atoms with Crippen molar-refractivity contribution >= 4 is 23.2 Å². The van der Waals surface area contributed by atoms with Gasteiger partial charge in [-0.25, -0.2) is 0 Å². The highest BCUT2D eigenvalue weighted by Gasteiger charge is 2.33.